The average molecular weight is 392 g/mol. The van der Waals surface area contributed by atoms with E-state index in [1.54, 1.807) is 0 Å². The summed E-state index contributed by atoms with van der Waals surface area (Å²) in [4.78, 5) is 0. The van der Waals surface area contributed by atoms with Gasteiger partial charge in [0.15, 0.2) is 0 Å². The van der Waals surface area contributed by atoms with Gasteiger partial charge in [0.1, 0.15) is 0 Å². The highest BCUT2D eigenvalue weighted by atomic mass is 127. The highest BCUT2D eigenvalue weighted by Crippen LogP contribution is 2.40. The van der Waals surface area contributed by atoms with Gasteiger partial charge in [0.25, 0.3) is 0 Å². The molecule has 0 radical (unpaired) electrons. The van der Waals surface area contributed by atoms with E-state index in [-0.39, 0.29) is 10.8 Å². The molecule has 0 atom stereocenters. The second-order valence-corrected chi connectivity index (χ2v) is 8.79. The van der Waals surface area contributed by atoms with Crippen molar-refractivity contribution in [1.29, 1.82) is 0 Å². The van der Waals surface area contributed by atoms with Crippen molar-refractivity contribution < 1.29 is 0 Å². The maximum absolute atomic E-state index is 2.54. The molecule has 0 nitrogen and oxygen atoms in total. The van der Waals surface area contributed by atoms with Crippen molar-refractivity contribution in [3.05, 3.63) is 57.2 Å². The Morgan fingerprint density at radius 3 is 1.76 bits per heavy atom. The molecule has 0 spiro atoms. The van der Waals surface area contributed by atoms with E-state index in [2.05, 4.69) is 107 Å². The van der Waals surface area contributed by atoms with Gasteiger partial charge in [-0.1, -0.05) is 84.0 Å². The number of halogens is 1. The summed E-state index contributed by atoms with van der Waals surface area (Å²) >= 11 is 2.54. The molecular formula is C20H25I. The third-order valence-electron chi connectivity index (χ3n) is 3.78. The molecule has 0 aliphatic carbocycles. The molecule has 0 aromatic heterocycles. The van der Waals surface area contributed by atoms with Gasteiger partial charge in [-0.15, -0.1) is 0 Å². The van der Waals surface area contributed by atoms with E-state index in [1.807, 2.05) is 0 Å². The maximum Gasteiger partial charge on any atom is 0.0249 e. The van der Waals surface area contributed by atoms with Gasteiger partial charge in [-0.05, 0) is 55.7 Å². The second-order valence-electron chi connectivity index (χ2n) is 7.72. The van der Waals surface area contributed by atoms with Crippen molar-refractivity contribution in [2.75, 3.05) is 0 Å². The standard InChI is InChI=1S/C20H25I/c1-19(2,3)16-13-12-15(14-10-8-7-9-11-14)18(21)17(16)20(4,5)6/h7-13H,1-6H3. The van der Waals surface area contributed by atoms with Crippen LogP contribution >= 0.6 is 22.6 Å². The normalized spacial score (nSPS) is 12.5. The number of hydrogen-bond donors (Lipinski definition) is 0. The Hall–Kier alpha value is -0.830. The van der Waals surface area contributed by atoms with Gasteiger partial charge in [-0.25, -0.2) is 0 Å². The summed E-state index contributed by atoms with van der Waals surface area (Å²) in [5, 5.41) is 0. The minimum Gasteiger partial charge on any atom is -0.0622 e. The monoisotopic (exact) mass is 392 g/mol. The summed E-state index contributed by atoms with van der Waals surface area (Å²) in [6.45, 7) is 13.8. The maximum atomic E-state index is 2.54. The van der Waals surface area contributed by atoms with Crippen LogP contribution in [0, 0.1) is 3.57 Å². The Balaban J connectivity index is 2.75. The van der Waals surface area contributed by atoms with E-state index in [4.69, 9.17) is 0 Å². The Labute approximate surface area is 143 Å². The first-order chi connectivity index (χ1) is 9.62. The molecular weight excluding hydrogens is 367 g/mol. The molecule has 0 N–H and O–H groups in total. The van der Waals surface area contributed by atoms with Gasteiger partial charge in [-0.3, -0.25) is 0 Å². The molecule has 0 saturated heterocycles. The first kappa shape index (κ1) is 16.5. The van der Waals surface area contributed by atoms with E-state index < -0.39 is 0 Å². The van der Waals surface area contributed by atoms with Crippen molar-refractivity contribution in [3.8, 4) is 11.1 Å². The third-order valence-corrected chi connectivity index (χ3v) is 4.91. The lowest BCUT2D eigenvalue weighted by molar-refractivity contribution is 0.528. The van der Waals surface area contributed by atoms with E-state index in [0.29, 0.717) is 0 Å². The van der Waals surface area contributed by atoms with E-state index in [9.17, 15) is 0 Å². The molecule has 0 saturated carbocycles. The molecule has 21 heavy (non-hydrogen) atoms. The summed E-state index contributed by atoms with van der Waals surface area (Å²) in [6, 6.07) is 15.3. The highest BCUT2D eigenvalue weighted by molar-refractivity contribution is 14.1. The molecule has 2 aromatic carbocycles. The number of benzene rings is 2. The minimum absolute atomic E-state index is 0.143. The molecule has 1 heteroatoms. The highest BCUT2D eigenvalue weighted by Gasteiger charge is 2.28. The smallest absolute Gasteiger partial charge is 0.0249 e. The van der Waals surface area contributed by atoms with E-state index in [0.717, 1.165) is 0 Å². The lowest BCUT2D eigenvalue weighted by atomic mass is 9.74. The zero-order valence-corrected chi connectivity index (χ0v) is 16.1. The SMILES string of the molecule is CC(C)(C)c1ccc(-c2ccccc2)c(I)c1C(C)(C)C. The molecule has 0 bridgehead atoms. The van der Waals surface area contributed by atoms with Crippen molar-refractivity contribution >= 4 is 22.6 Å². The number of hydrogen-bond acceptors (Lipinski definition) is 0. The van der Waals surface area contributed by atoms with Crippen molar-refractivity contribution in [2.45, 2.75) is 52.4 Å². The zero-order chi connectivity index (χ0) is 15.8. The fraction of sp³-hybridized carbons (Fsp3) is 0.400. The van der Waals surface area contributed by atoms with Gasteiger partial charge >= 0.3 is 0 Å². The molecule has 0 unspecified atom stereocenters. The third kappa shape index (κ3) is 3.50. The van der Waals surface area contributed by atoms with Crippen LogP contribution in [0.3, 0.4) is 0 Å². The lowest BCUT2D eigenvalue weighted by Gasteiger charge is -2.32. The van der Waals surface area contributed by atoms with Crippen LogP contribution in [0.4, 0.5) is 0 Å². The molecule has 2 rings (SSSR count). The molecule has 0 heterocycles. The molecule has 0 amide bonds. The predicted octanol–water partition coefficient (Wildman–Crippen LogP) is 6.55. The zero-order valence-electron chi connectivity index (χ0n) is 13.9. The van der Waals surface area contributed by atoms with Crippen molar-refractivity contribution in [1.82, 2.24) is 0 Å². The molecule has 0 aliphatic rings. The first-order valence-corrected chi connectivity index (χ1v) is 8.59. The van der Waals surface area contributed by atoms with Crippen LogP contribution in [0.25, 0.3) is 11.1 Å². The Morgan fingerprint density at radius 1 is 0.714 bits per heavy atom. The fourth-order valence-electron chi connectivity index (χ4n) is 2.77. The largest absolute Gasteiger partial charge is 0.0622 e. The Morgan fingerprint density at radius 2 is 1.29 bits per heavy atom. The van der Waals surface area contributed by atoms with Gasteiger partial charge in [0.2, 0.25) is 0 Å². The average Bonchev–Trinajstić information content (AvgIpc) is 2.36. The van der Waals surface area contributed by atoms with E-state index >= 15 is 0 Å². The summed E-state index contributed by atoms with van der Waals surface area (Å²) in [5.41, 5.74) is 5.89. The summed E-state index contributed by atoms with van der Waals surface area (Å²) < 4.78 is 1.39. The first-order valence-electron chi connectivity index (χ1n) is 7.51. The Kier molecular flexibility index (Phi) is 4.53. The van der Waals surface area contributed by atoms with Gasteiger partial charge in [-0.2, -0.15) is 0 Å². The summed E-state index contributed by atoms with van der Waals surface area (Å²) in [5.74, 6) is 0. The van der Waals surface area contributed by atoms with Crippen LogP contribution in [0.1, 0.15) is 52.7 Å². The molecule has 0 fully saturated rings. The van der Waals surface area contributed by atoms with Crippen LogP contribution in [0.5, 0.6) is 0 Å². The minimum atomic E-state index is 0.143. The van der Waals surface area contributed by atoms with Gasteiger partial charge < -0.3 is 0 Å². The molecule has 0 aliphatic heterocycles. The Bertz CT molecular complexity index is 625. The number of rotatable bonds is 1. The van der Waals surface area contributed by atoms with Crippen LogP contribution in [0.2, 0.25) is 0 Å². The van der Waals surface area contributed by atoms with Crippen LogP contribution in [0.15, 0.2) is 42.5 Å². The van der Waals surface area contributed by atoms with Crippen molar-refractivity contribution in [2.24, 2.45) is 0 Å². The lowest BCUT2D eigenvalue weighted by Crippen LogP contribution is -2.23. The van der Waals surface area contributed by atoms with Crippen molar-refractivity contribution in [3.63, 3.8) is 0 Å². The molecule has 112 valence electrons. The van der Waals surface area contributed by atoms with Gasteiger partial charge in [0, 0.05) is 3.57 Å². The summed E-state index contributed by atoms with van der Waals surface area (Å²) in [6.07, 6.45) is 0. The topological polar surface area (TPSA) is 0 Å². The van der Waals surface area contributed by atoms with Crippen LogP contribution in [-0.4, -0.2) is 0 Å². The fourth-order valence-corrected chi connectivity index (χ4v) is 4.37. The summed E-state index contributed by atoms with van der Waals surface area (Å²) in [7, 11) is 0. The van der Waals surface area contributed by atoms with E-state index in [1.165, 1.54) is 25.8 Å². The van der Waals surface area contributed by atoms with Crippen LogP contribution in [-0.2, 0) is 10.8 Å². The van der Waals surface area contributed by atoms with Gasteiger partial charge in [0.05, 0.1) is 0 Å². The molecule has 2 aromatic rings. The quantitative estimate of drug-likeness (QED) is 0.483. The predicted molar refractivity (Wildman–Crippen MR) is 102 cm³/mol. The second kappa shape index (κ2) is 5.75. The van der Waals surface area contributed by atoms with Crippen LogP contribution < -0.4 is 0 Å².